The monoisotopic (exact) mass is 446 g/mol. The minimum absolute atomic E-state index is 0. The Morgan fingerprint density at radius 1 is 1.29 bits per heavy atom. The number of nitrogens with zero attached hydrogens (tertiary/aromatic N) is 2. The van der Waals surface area contributed by atoms with Crippen LogP contribution in [0, 0.1) is 5.92 Å². The summed E-state index contributed by atoms with van der Waals surface area (Å²) in [4.78, 5) is 9.01. The summed E-state index contributed by atoms with van der Waals surface area (Å²) in [5.41, 5.74) is 1.09. The molecule has 2 N–H and O–H groups in total. The molecule has 0 spiro atoms. The number of hydrogen-bond acceptors (Lipinski definition) is 3. The Morgan fingerprint density at radius 3 is 2.62 bits per heavy atom. The van der Waals surface area contributed by atoms with E-state index in [4.69, 9.17) is 4.74 Å². The van der Waals surface area contributed by atoms with E-state index in [2.05, 4.69) is 41.4 Å². The second-order valence-electron chi connectivity index (χ2n) is 6.50. The van der Waals surface area contributed by atoms with Gasteiger partial charge in [0.1, 0.15) is 6.10 Å². The molecule has 1 fully saturated rings. The summed E-state index contributed by atoms with van der Waals surface area (Å²) in [7, 11) is 0. The van der Waals surface area contributed by atoms with Gasteiger partial charge in [0.2, 0.25) is 5.88 Å². The van der Waals surface area contributed by atoms with Crippen molar-refractivity contribution in [3.8, 4) is 5.88 Å². The highest BCUT2D eigenvalue weighted by Crippen LogP contribution is 2.22. The van der Waals surface area contributed by atoms with E-state index in [0.29, 0.717) is 18.6 Å². The zero-order valence-corrected chi connectivity index (χ0v) is 17.4. The fourth-order valence-electron chi connectivity index (χ4n) is 2.56. The third kappa shape index (κ3) is 7.68. The van der Waals surface area contributed by atoms with E-state index in [1.165, 1.54) is 12.8 Å². The van der Waals surface area contributed by atoms with Gasteiger partial charge in [0.05, 0.1) is 6.54 Å². The number of pyridine rings is 1. The van der Waals surface area contributed by atoms with Crippen LogP contribution in [-0.4, -0.2) is 30.1 Å². The van der Waals surface area contributed by atoms with Gasteiger partial charge in [-0.15, -0.1) is 24.0 Å². The van der Waals surface area contributed by atoms with Crippen LogP contribution in [0.25, 0.3) is 0 Å². The molecule has 6 heteroatoms. The molecule has 0 amide bonds. The van der Waals surface area contributed by atoms with Crippen molar-refractivity contribution in [2.24, 2.45) is 10.9 Å². The summed E-state index contributed by atoms with van der Waals surface area (Å²) in [6, 6.07) is 4.00. The number of guanidine groups is 1. The molecule has 1 aromatic rings. The van der Waals surface area contributed by atoms with Crippen LogP contribution in [0.15, 0.2) is 23.3 Å². The first-order valence-corrected chi connectivity index (χ1v) is 8.81. The van der Waals surface area contributed by atoms with Gasteiger partial charge in [-0.2, -0.15) is 0 Å². The zero-order chi connectivity index (χ0) is 16.5. The lowest BCUT2D eigenvalue weighted by Gasteiger charge is -2.13. The van der Waals surface area contributed by atoms with Gasteiger partial charge >= 0.3 is 0 Å². The van der Waals surface area contributed by atoms with Crippen molar-refractivity contribution in [2.75, 3.05) is 13.1 Å². The predicted octanol–water partition coefficient (Wildman–Crippen LogP) is 3.73. The Morgan fingerprint density at radius 2 is 2.04 bits per heavy atom. The van der Waals surface area contributed by atoms with Gasteiger partial charge in [-0.05, 0) is 44.1 Å². The third-order valence-electron chi connectivity index (χ3n) is 3.83. The fourth-order valence-corrected chi connectivity index (χ4v) is 2.56. The Kier molecular flexibility index (Phi) is 10.1. The summed E-state index contributed by atoms with van der Waals surface area (Å²) >= 11 is 0. The fraction of sp³-hybridized carbons (Fsp3) is 0.667. The van der Waals surface area contributed by atoms with E-state index in [9.17, 15) is 0 Å². The Bertz CT molecular complexity index is 484. The Balaban J connectivity index is 0.00000288. The van der Waals surface area contributed by atoms with Gasteiger partial charge in [0, 0.05) is 25.4 Å². The normalized spacial score (nSPS) is 15.2. The van der Waals surface area contributed by atoms with Crippen molar-refractivity contribution in [2.45, 2.75) is 59.1 Å². The second-order valence-corrected chi connectivity index (χ2v) is 6.50. The molecule has 0 unspecified atom stereocenters. The number of aliphatic imine (C=N–C) groups is 1. The molecule has 24 heavy (non-hydrogen) atoms. The van der Waals surface area contributed by atoms with Crippen molar-refractivity contribution in [1.82, 2.24) is 15.6 Å². The van der Waals surface area contributed by atoms with Gasteiger partial charge in [-0.1, -0.05) is 19.9 Å². The number of halogens is 1. The van der Waals surface area contributed by atoms with Crippen molar-refractivity contribution in [3.05, 3.63) is 23.9 Å². The number of ether oxygens (including phenoxy) is 1. The summed E-state index contributed by atoms with van der Waals surface area (Å²) < 4.78 is 5.89. The Hall–Kier alpha value is -1.05. The number of nitrogens with one attached hydrogen (secondary N) is 2. The highest BCUT2D eigenvalue weighted by Gasteiger charge is 2.16. The quantitative estimate of drug-likeness (QED) is 0.381. The maximum absolute atomic E-state index is 5.89. The standard InChI is InChI=1S/C18H30N4O.HI/c1-4-19-18(21-11-14(2)3)22-13-15-9-10-17(20-12-15)23-16-7-5-6-8-16;/h9-10,12,14,16H,4-8,11,13H2,1-3H3,(H2,19,21,22);1H. The van der Waals surface area contributed by atoms with E-state index < -0.39 is 0 Å². The van der Waals surface area contributed by atoms with Crippen LogP contribution in [0.5, 0.6) is 5.88 Å². The molecule has 0 radical (unpaired) electrons. The largest absolute Gasteiger partial charge is 0.474 e. The van der Waals surface area contributed by atoms with E-state index in [1.54, 1.807) is 0 Å². The molecule has 0 aliphatic heterocycles. The molecule has 1 aromatic heterocycles. The summed E-state index contributed by atoms with van der Waals surface area (Å²) in [6.45, 7) is 8.83. The average molecular weight is 446 g/mol. The van der Waals surface area contributed by atoms with Crippen LogP contribution in [0.3, 0.4) is 0 Å². The first-order chi connectivity index (χ1) is 11.2. The number of rotatable bonds is 7. The van der Waals surface area contributed by atoms with Crippen LogP contribution in [-0.2, 0) is 6.54 Å². The minimum atomic E-state index is 0. The van der Waals surface area contributed by atoms with E-state index in [-0.39, 0.29) is 24.0 Å². The Labute approximate surface area is 163 Å². The lowest BCUT2D eigenvalue weighted by Crippen LogP contribution is -2.39. The first kappa shape index (κ1) is 21.0. The van der Waals surface area contributed by atoms with Gasteiger partial charge in [-0.3, -0.25) is 0 Å². The third-order valence-corrected chi connectivity index (χ3v) is 3.83. The average Bonchev–Trinajstić information content (AvgIpc) is 3.04. The molecule has 0 atom stereocenters. The van der Waals surface area contributed by atoms with E-state index in [0.717, 1.165) is 43.3 Å². The minimum Gasteiger partial charge on any atom is -0.474 e. The first-order valence-electron chi connectivity index (χ1n) is 8.81. The summed E-state index contributed by atoms with van der Waals surface area (Å²) in [6.07, 6.45) is 7.07. The highest BCUT2D eigenvalue weighted by molar-refractivity contribution is 14.0. The van der Waals surface area contributed by atoms with Gasteiger partial charge in [0.25, 0.3) is 0 Å². The molecule has 5 nitrogen and oxygen atoms in total. The highest BCUT2D eigenvalue weighted by atomic mass is 127. The maximum atomic E-state index is 5.89. The van der Waals surface area contributed by atoms with Crippen molar-refractivity contribution in [1.29, 1.82) is 0 Å². The second kappa shape index (κ2) is 11.5. The summed E-state index contributed by atoms with van der Waals surface area (Å²) in [5, 5.41) is 6.61. The SMILES string of the molecule is CCNC(=NCc1ccc(OC2CCCC2)nc1)NCC(C)C.I. The maximum Gasteiger partial charge on any atom is 0.213 e. The predicted molar refractivity (Wildman–Crippen MR) is 110 cm³/mol. The molecule has 0 saturated heterocycles. The van der Waals surface area contributed by atoms with Crippen LogP contribution >= 0.6 is 24.0 Å². The van der Waals surface area contributed by atoms with Gasteiger partial charge < -0.3 is 15.4 Å². The lowest BCUT2D eigenvalue weighted by molar-refractivity contribution is 0.201. The molecule has 1 saturated carbocycles. The van der Waals surface area contributed by atoms with Crippen molar-refractivity contribution in [3.63, 3.8) is 0 Å². The smallest absolute Gasteiger partial charge is 0.213 e. The van der Waals surface area contributed by atoms with Crippen molar-refractivity contribution >= 4 is 29.9 Å². The summed E-state index contributed by atoms with van der Waals surface area (Å²) in [5.74, 6) is 2.18. The lowest BCUT2D eigenvalue weighted by atomic mass is 10.2. The molecular weight excluding hydrogens is 415 g/mol. The van der Waals surface area contributed by atoms with Crippen LogP contribution in [0.2, 0.25) is 0 Å². The van der Waals surface area contributed by atoms with Gasteiger partial charge in [-0.25, -0.2) is 9.98 Å². The zero-order valence-electron chi connectivity index (χ0n) is 15.0. The molecule has 1 heterocycles. The molecular formula is C18H31IN4O. The van der Waals surface area contributed by atoms with Gasteiger partial charge in [0.15, 0.2) is 5.96 Å². The molecule has 2 rings (SSSR count). The van der Waals surface area contributed by atoms with E-state index >= 15 is 0 Å². The molecule has 0 aromatic carbocycles. The topological polar surface area (TPSA) is 58.5 Å². The molecule has 136 valence electrons. The number of hydrogen-bond donors (Lipinski definition) is 2. The molecule has 0 bridgehead atoms. The van der Waals surface area contributed by atoms with Crippen LogP contribution < -0.4 is 15.4 Å². The van der Waals surface area contributed by atoms with E-state index in [1.807, 2.05) is 18.3 Å². The molecule has 1 aliphatic rings. The van der Waals surface area contributed by atoms with Crippen molar-refractivity contribution < 1.29 is 4.74 Å². The molecule has 1 aliphatic carbocycles. The van der Waals surface area contributed by atoms with Crippen LogP contribution in [0.1, 0.15) is 52.0 Å². The van der Waals surface area contributed by atoms with Crippen LogP contribution in [0.4, 0.5) is 0 Å². The number of aromatic nitrogens is 1.